The average Bonchev–Trinajstić information content (AvgIpc) is 2.52. The van der Waals surface area contributed by atoms with Gasteiger partial charge < -0.3 is 14.4 Å². The molecule has 0 bridgehead atoms. The van der Waals surface area contributed by atoms with Crippen molar-refractivity contribution in [3.8, 4) is 0 Å². The second kappa shape index (κ2) is 7.38. The Morgan fingerprint density at radius 2 is 2.15 bits per heavy atom. The molecule has 0 radical (unpaired) electrons. The Hall–Kier alpha value is -2.23. The molecule has 1 aliphatic rings. The molecule has 1 amide bonds. The lowest BCUT2D eigenvalue weighted by Crippen LogP contribution is -2.36. The number of nitrogens with zero attached hydrogens (tertiary/aromatic N) is 1. The fraction of sp³-hybridized carbons (Fsp3) is 0.312. The van der Waals surface area contributed by atoms with E-state index >= 15 is 0 Å². The van der Waals surface area contributed by atoms with Crippen LogP contribution < -0.4 is 0 Å². The van der Waals surface area contributed by atoms with Gasteiger partial charge in [0.2, 0.25) is 0 Å². The first-order valence-corrected chi connectivity index (χ1v) is 6.68. The standard InChI is InChI=1S/C16H19NO3/c1-2-11-19-15-9-6-10-17(12-15)16(18)20-13-14-7-4-3-5-8-14/h2-5,7-9H,1,6,10-13H2. The van der Waals surface area contributed by atoms with Crippen molar-refractivity contribution in [2.24, 2.45) is 0 Å². The Morgan fingerprint density at radius 3 is 2.90 bits per heavy atom. The second-order valence-corrected chi connectivity index (χ2v) is 4.52. The lowest BCUT2D eigenvalue weighted by molar-refractivity contribution is 0.0889. The van der Waals surface area contributed by atoms with Crippen LogP contribution in [0.4, 0.5) is 4.79 Å². The molecule has 0 unspecified atom stereocenters. The fourth-order valence-electron chi connectivity index (χ4n) is 1.95. The SMILES string of the molecule is C=CCOC1=CCCN(C(=O)OCc2ccccc2)C1. The number of carbonyl (C=O) groups is 1. The zero-order valence-electron chi connectivity index (χ0n) is 11.5. The second-order valence-electron chi connectivity index (χ2n) is 4.52. The molecular formula is C16H19NO3. The highest BCUT2D eigenvalue weighted by molar-refractivity contribution is 5.68. The van der Waals surface area contributed by atoms with Gasteiger partial charge in [0.15, 0.2) is 0 Å². The number of hydrogen-bond donors (Lipinski definition) is 0. The summed E-state index contributed by atoms with van der Waals surface area (Å²) >= 11 is 0. The Labute approximate surface area is 119 Å². The van der Waals surface area contributed by atoms with Gasteiger partial charge in [-0.25, -0.2) is 4.79 Å². The zero-order valence-corrected chi connectivity index (χ0v) is 11.5. The molecule has 20 heavy (non-hydrogen) atoms. The maximum Gasteiger partial charge on any atom is 0.410 e. The molecule has 4 heteroatoms. The molecule has 0 spiro atoms. The molecule has 0 N–H and O–H groups in total. The van der Waals surface area contributed by atoms with Crippen LogP contribution in [-0.4, -0.2) is 30.7 Å². The molecule has 0 aromatic heterocycles. The molecule has 1 aromatic rings. The van der Waals surface area contributed by atoms with Crippen molar-refractivity contribution in [1.82, 2.24) is 4.90 Å². The van der Waals surface area contributed by atoms with Gasteiger partial charge >= 0.3 is 6.09 Å². The van der Waals surface area contributed by atoms with Crippen molar-refractivity contribution >= 4 is 6.09 Å². The fourth-order valence-corrected chi connectivity index (χ4v) is 1.95. The maximum absolute atomic E-state index is 12.0. The normalized spacial score (nSPS) is 14.4. The van der Waals surface area contributed by atoms with Crippen LogP contribution in [0.25, 0.3) is 0 Å². The van der Waals surface area contributed by atoms with Gasteiger partial charge in [-0.1, -0.05) is 43.0 Å². The van der Waals surface area contributed by atoms with Crippen LogP contribution in [0, 0.1) is 0 Å². The number of benzene rings is 1. The van der Waals surface area contributed by atoms with E-state index in [1.54, 1.807) is 11.0 Å². The minimum Gasteiger partial charge on any atom is -0.492 e. The van der Waals surface area contributed by atoms with E-state index in [0.29, 0.717) is 26.3 Å². The summed E-state index contributed by atoms with van der Waals surface area (Å²) in [5.41, 5.74) is 0.983. The smallest absolute Gasteiger partial charge is 0.410 e. The van der Waals surface area contributed by atoms with E-state index in [-0.39, 0.29) is 6.09 Å². The highest BCUT2D eigenvalue weighted by atomic mass is 16.6. The van der Waals surface area contributed by atoms with Crippen molar-refractivity contribution in [3.05, 3.63) is 60.4 Å². The van der Waals surface area contributed by atoms with E-state index in [1.807, 2.05) is 36.4 Å². The van der Waals surface area contributed by atoms with Crippen LogP contribution in [0.3, 0.4) is 0 Å². The molecule has 0 aliphatic carbocycles. The van der Waals surface area contributed by atoms with Gasteiger partial charge in [0, 0.05) is 6.54 Å². The zero-order chi connectivity index (χ0) is 14.2. The summed E-state index contributed by atoms with van der Waals surface area (Å²) in [5, 5.41) is 0. The Morgan fingerprint density at radius 1 is 1.35 bits per heavy atom. The first kappa shape index (κ1) is 14.2. The van der Waals surface area contributed by atoms with E-state index in [9.17, 15) is 4.79 Å². The van der Waals surface area contributed by atoms with Crippen LogP contribution in [0.5, 0.6) is 0 Å². The lowest BCUT2D eigenvalue weighted by Gasteiger charge is -2.26. The van der Waals surface area contributed by atoms with Gasteiger partial charge in [0.1, 0.15) is 19.0 Å². The largest absolute Gasteiger partial charge is 0.492 e. The monoisotopic (exact) mass is 273 g/mol. The van der Waals surface area contributed by atoms with Crippen LogP contribution in [0.2, 0.25) is 0 Å². The molecule has 106 valence electrons. The summed E-state index contributed by atoms with van der Waals surface area (Å²) in [6, 6.07) is 9.65. The Bertz CT molecular complexity index is 482. The van der Waals surface area contributed by atoms with E-state index in [2.05, 4.69) is 6.58 Å². The number of rotatable bonds is 5. The topological polar surface area (TPSA) is 38.8 Å². The summed E-state index contributed by atoms with van der Waals surface area (Å²) in [4.78, 5) is 13.6. The predicted molar refractivity (Wildman–Crippen MR) is 77.0 cm³/mol. The van der Waals surface area contributed by atoms with Gasteiger partial charge in [-0.05, 0) is 18.1 Å². The van der Waals surface area contributed by atoms with E-state index in [4.69, 9.17) is 9.47 Å². The summed E-state index contributed by atoms with van der Waals surface area (Å²) in [6.07, 6.45) is 4.17. The Kier molecular flexibility index (Phi) is 5.24. The van der Waals surface area contributed by atoms with Crippen molar-refractivity contribution in [2.75, 3.05) is 19.7 Å². The van der Waals surface area contributed by atoms with E-state index in [1.165, 1.54) is 0 Å². The lowest BCUT2D eigenvalue weighted by atomic mass is 10.2. The van der Waals surface area contributed by atoms with Gasteiger partial charge in [-0.15, -0.1) is 0 Å². The molecule has 0 saturated heterocycles. The van der Waals surface area contributed by atoms with Crippen LogP contribution in [0.1, 0.15) is 12.0 Å². The van der Waals surface area contributed by atoms with E-state index in [0.717, 1.165) is 17.7 Å². The molecule has 0 atom stereocenters. The molecule has 1 aliphatic heterocycles. The third-order valence-electron chi connectivity index (χ3n) is 2.97. The van der Waals surface area contributed by atoms with Gasteiger partial charge in [0.05, 0.1) is 6.54 Å². The van der Waals surface area contributed by atoms with E-state index < -0.39 is 0 Å². The number of carbonyl (C=O) groups excluding carboxylic acids is 1. The first-order chi connectivity index (χ1) is 9.79. The summed E-state index contributed by atoms with van der Waals surface area (Å²) in [7, 11) is 0. The number of hydrogen-bond acceptors (Lipinski definition) is 3. The predicted octanol–water partition coefficient (Wildman–Crippen LogP) is 3.12. The summed E-state index contributed by atoms with van der Waals surface area (Å²) in [5.74, 6) is 0.799. The van der Waals surface area contributed by atoms with Crippen LogP contribution in [-0.2, 0) is 16.1 Å². The van der Waals surface area contributed by atoms with Crippen molar-refractivity contribution < 1.29 is 14.3 Å². The maximum atomic E-state index is 12.0. The summed E-state index contributed by atoms with van der Waals surface area (Å²) in [6.45, 7) is 5.48. The molecule has 1 heterocycles. The third kappa shape index (κ3) is 4.16. The Balaban J connectivity index is 1.81. The summed E-state index contributed by atoms with van der Waals surface area (Å²) < 4.78 is 10.8. The molecular weight excluding hydrogens is 254 g/mol. The highest BCUT2D eigenvalue weighted by Gasteiger charge is 2.20. The highest BCUT2D eigenvalue weighted by Crippen LogP contribution is 2.13. The van der Waals surface area contributed by atoms with Crippen molar-refractivity contribution in [1.29, 1.82) is 0 Å². The van der Waals surface area contributed by atoms with Crippen LogP contribution in [0.15, 0.2) is 54.8 Å². The van der Waals surface area contributed by atoms with Gasteiger partial charge in [0.25, 0.3) is 0 Å². The third-order valence-corrected chi connectivity index (χ3v) is 2.97. The van der Waals surface area contributed by atoms with Crippen LogP contribution >= 0.6 is 0 Å². The molecule has 2 rings (SSSR count). The molecule has 1 aromatic carbocycles. The van der Waals surface area contributed by atoms with Gasteiger partial charge in [-0.2, -0.15) is 0 Å². The van der Waals surface area contributed by atoms with Crippen molar-refractivity contribution in [2.45, 2.75) is 13.0 Å². The molecule has 4 nitrogen and oxygen atoms in total. The number of amides is 1. The minimum atomic E-state index is -0.304. The first-order valence-electron chi connectivity index (χ1n) is 6.68. The number of ether oxygens (including phenoxy) is 2. The molecule has 0 fully saturated rings. The molecule has 0 saturated carbocycles. The minimum absolute atomic E-state index is 0.294. The van der Waals surface area contributed by atoms with Crippen molar-refractivity contribution in [3.63, 3.8) is 0 Å². The average molecular weight is 273 g/mol. The van der Waals surface area contributed by atoms with Gasteiger partial charge in [-0.3, -0.25) is 0 Å². The quantitative estimate of drug-likeness (QED) is 0.774.